The van der Waals surface area contributed by atoms with Gasteiger partial charge in [-0.1, -0.05) is 26.0 Å². The number of furan rings is 1. The van der Waals surface area contributed by atoms with Gasteiger partial charge < -0.3 is 14.5 Å². The van der Waals surface area contributed by atoms with Crippen molar-refractivity contribution in [2.24, 2.45) is 5.92 Å². The summed E-state index contributed by atoms with van der Waals surface area (Å²) in [5.74, 6) is 1.41. The first-order chi connectivity index (χ1) is 12.7. The van der Waals surface area contributed by atoms with Crippen LogP contribution in [0, 0.1) is 5.92 Å². The monoisotopic (exact) mass is 354 g/mol. The minimum absolute atomic E-state index is 0.452. The predicted octanol–water partition coefficient (Wildman–Crippen LogP) is 3.53. The van der Waals surface area contributed by atoms with Crippen LogP contribution in [0.15, 0.2) is 35.0 Å². The number of fused-ring (bicyclic) bond motifs is 3. The predicted molar refractivity (Wildman–Crippen MR) is 103 cm³/mol. The van der Waals surface area contributed by atoms with Crippen molar-refractivity contribution in [3.8, 4) is 0 Å². The van der Waals surface area contributed by atoms with Crippen molar-refractivity contribution in [3.05, 3.63) is 30.6 Å². The average molecular weight is 354 g/mol. The Labute approximate surface area is 153 Å². The highest BCUT2D eigenvalue weighted by Crippen LogP contribution is 2.30. The molecule has 1 saturated heterocycles. The maximum atomic E-state index is 6.02. The number of morpholine rings is 1. The highest BCUT2D eigenvalue weighted by Gasteiger charge is 2.22. The minimum Gasteiger partial charge on any atom is -0.450 e. The molecule has 0 bridgehead atoms. The third-order valence-electron chi connectivity index (χ3n) is 4.97. The van der Waals surface area contributed by atoms with E-state index in [-0.39, 0.29) is 0 Å². The Kier molecular flexibility index (Phi) is 5.04. The lowest BCUT2D eigenvalue weighted by molar-refractivity contribution is 0.0150. The van der Waals surface area contributed by atoms with Crippen molar-refractivity contribution in [1.82, 2.24) is 14.9 Å². The van der Waals surface area contributed by atoms with Crippen molar-refractivity contribution >= 4 is 27.9 Å². The Balaban J connectivity index is 1.57. The Bertz CT molecular complexity index is 871. The third kappa shape index (κ3) is 3.52. The van der Waals surface area contributed by atoms with Gasteiger partial charge in [-0.25, -0.2) is 9.97 Å². The summed E-state index contributed by atoms with van der Waals surface area (Å²) in [6.07, 6.45) is 2.75. The van der Waals surface area contributed by atoms with E-state index in [0.29, 0.717) is 12.0 Å². The molecule has 0 radical (unpaired) electrons. The van der Waals surface area contributed by atoms with Gasteiger partial charge in [-0.3, -0.25) is 4.90 Å². The number of benzene rings is 1. The second-order valence-corrected chi connectivity index (χ2v) is 7.31. The standard InChI is InChI=1S/C20H26N4O2/c1-14(2)11-15(24-7-9-25-10-8-24)12-21-20-19-18(22-13-23-20)16-5-3-4-6-17(16)26-19/h3-6,13-15H,7-12H2,1-2H3,(H,21,22,23). The molecule has 1 aromatic carbocycles. The summed E-state index contributed by atoms with van der Waals surface area (Å²) in [6, 6.07) is 8.43. The lowest BCUT2D eigenvalue weighted by Crippen LogP contribution is -2.47. The molecule has 1 aliphatic heterocycles. The Hall–Kier alpha value is -2.18. The van der Waals surface area contributed by atoms with E-state index in [1.165, 1.54) is 0 Å². The van der Waals surface area contributed by atoms with Gasteiger partial charge in [-0.05, 0) is 24.5 Å². The summed E-state index contributed by atoms with van der Waals surface area (Å²) < 4.78 is 11.5. The topological polar surface area (TPSA) is 63.4 Å². The van der Waals surface area contributed by atoms with E-state index in [2.05, 4.69) is 34.0 Å². The fourth-order valence-corrected chi connectivity index (χ4v) is 3.71. The largest absolute Gasteiger partial charge is 0.450 e. The summed E-state index contributed by atoms with van der Waals surface area (Å²) in [5, 5.41) is 4.55. The lowest BCUT2D eigenvalue weighted by atomic mass is 10.0. The highest BCUT2D eigenvalue weighted by molar-refractivity contribution is 6.05. The van der Waals surface area contributed by atoms with Crippen LogP contribution >= 0.6 is 0 Å². The van der Waals surface area contributed by atoms with Crippen LogP contribution in [0.1, 0.15) is 20.3 Å². The van der Waals surface area contributed by atoms with Gasteiger partial charge in [0.15, 0.2) is 11.4 Å². The molecule has 1 unspecified atom stereocenters. The van der Waals surface area contributed by atoms with Crippen LogP contribution in [0.3, 0.4) is 0 Å². The van der Waals surface area contributed by atoms with E-state index in [1.54, 1.807) is 6.33 Å². The molecule has 0 spiro atoms. The van der Waals surface area contributed by atoms with E-state index in [1.807, 2.05) is 24.3 Å². The van der Waals surface area contributed by atoms with Crippen molar-refractivity contribution < 1.29 is 9.15 Å². The van der Waals surface area contributed by atoms with Gasteiger partial charge in [0.2, 0.25) is 0 Å². The molecule has 1 atom stereocenters. The molecule has 1 fully saturated rings. The number of nitrogens with zero attached hydrogens (tertiary/aromatic N) is 3. The normalized spacial score (nSPS) is 17.2. The van der Waals surface area contributed by atoms with Gasteiger partial charge >= 0.3 is 0 Å². The van der Waals surface area contributed by atoms with Crippen LogP contribution in [0.25, 0.3) is 22.1 Å². The van der Waals surface area contributed by atoms with E-state index in [4.69, 9.17) is 9.15 Å². The molecule has 0 amide bonds. The van der Waals surface area contributed by atoms with Crippen LogP contribution in [-0.4, -0.2) is 53.8 Å². The maximum absolute atomic E-state index is 6.02. The fourth-order valence-electron chi connectivity index (χ4n) is 3.71. The summed E-state index contributed by atoms with van der Waals surface area (Å²) >= 11 is 0. The van der Waals surface area contributed by atoms with Crippen molar-refractivity contribution in [1.29, 1.82) is 0 Å². The van der Waals surface area contributed by atoms with Gasteiger partial charge in [-0.15, -0.1) is 0 Å². The first kappa shape index (κ1) is 17.2. The molecule has 3 aromatic rings. The lowest BCUT2D eigenvalue weighted by Gasteiger charge is -2.35. The van der Waals surface area contributed by atoms with Gasteiger partial charge in [0.1, 0.15) is 17.4 Å². The molecule has 1 N–H and O–H groups in total. The highest BCUT2D eigenvalue weighted by atomic mass is 16.5. The number of hydrogen-bond acceptors (Lipinski definition) is 6. The molecule has 3 heterocycles. The van der Waals surface area contributed by atoms with Gasteiger partial charge in [0, 0.05) is 31.1 Å². The molecule has 138 valence electrons. The molecule has 0 aliphatic carbocycles. The van der Waals surface area contributed by atoms with Crippen LogP contribution in [-0.2, 0) is 4.74 Å². The smallest absolute Gasteiger partial charge is 0.196 e. The number of ether oxygens (including phenoxy) is 1. The first-order valence-corrected chi connectivity index (χ1v) is 9.40. The molecular formula is C20H26N4O2. The van der Waals surface area contributed by atoms with E-state index in [0.717, 1.165) is 67.2 Å². The Morgan fingerprint density at radius 3 is 2.77 bits per heavy atom. The van der Waals surface area contributed by atoms with Crippen LogP contribution in [0.2, 0.25) is 0 Å². The van der Waals surface area contributed by atoms with Crippen molar-refractivity contribution in [3.63, 3.8) is 0 Å². The van der Waals surface area contributed by atoms with E-state index in [9.17, 15) is 0 Å². The molecule has 4 rings (SSSR count). The molecule has 2 aromatic heterocycles. The molecule has 6 heteroatoms. The Morgan fingerprint density at radius 1 is 1.15 bits per heavy atom. The second kappa shape index (κ2) is 7.60. The summed E-state index contributed by atoms with van der Waals surface area (Å²) in [6.45, 7) is 8.99. The molecule has 0 saturated carbocycles. The van der Waals surface area contributed by atoms with Crippen LogP contribution in [0.4, 0.5) is 5.82 Å². The first-order valence-electron chi connectivity index (χ1n) is 9.40. The van der Waals surface area contributed by atoms with Gasteiger partial charge in [-0.2, -0.15) is 0 Å². The SMILES string of the molecule is CC(C)CC(CNc1ncnc2c1oc1ccccc12)N1CCOCC1. The van der Waals surface area contributed by atoms with Crippen LogP contribution in [0.5, 0.6) is 0 Å². The third-order valence-corrected chi connectivity index (χ3v) is 4.97. The summed E-state index contributed by atoms with van der Waals surface area (Å²) in [7, 11) is 0. The summed E-state index contributed by atoms with van der Waals surface area (Å²) in [4.78, 5) is 11.4. The van der Waals surface area contributed by atoms with Crippen molar-refractivity contribution in [2.75, 3.05) is 38.2 Å². The maximum Gasteiger partial charge on any atom is 0.196 e. The molecule has 26 heavy (non-hydrogen) atoms. The molecular weight excluding hydrogens is 328 g/mol. The van der Waals surface area contributed by atoms with E-state index >= 15 is 0 Å². The fraction of sp³-hybridized carbons (Fsp3) is 0.500. The Morgan fingerprint density at radius 2 is 1.96 bits per heavy atom. The van der Waals surface area contributed by atoms with E-state index < -0.39 is 0 Å². The van der Waals surface area contributed by atoms with Gasteiger partial charge in [0.05, 0.1) is 13.2 Å². The number of aromatic nitrogens is 2. The quantitative estimate of drug-likeness (QED) is 0.730. The second-order valence-electron chi connectivity index (χ2n) is 7.31. The number of anilines is 1. The van der Waals surface area contributed by atoms with Gasteiger partial charge in [0.25, 0.3) is 0 Å². The number of hydrogen-bond donors (Lipinski definition) is 1. The number of nitrogens with one attached hydrogen (secondary N) is 1. The zero-order valence-electron chi connectivity index (χ0n) is 15.4. The molecule has 1 aliphatic rings. The average Bonchev–Trinajstić information content (AvgIpc) is 3.05. The minimum atomic E-state index is 0.452. The zero-order chi connectivity index (χ0) is 17.9. The number of para-hydroxylation sites is 1. The van der Waals surface area contributed by atoms with Crippen molar-refractivity contribution in [2.45, 2.75) is 26.3 Å². The summed E-state index contributed by atoms with van der Waals surface area (Å²) in [5.41, 5.74) is 2.45. The number of rotatable bonds is 6. The zero-order valence-corrected chi connectivity index (χ0v) is 15.4. The molecule has 6 nitrogen and oxygen atoms in total. The van der Waals surface area contributed by atoms with Crippen LogP contribution < -0.4 is 5.32 Å².